The summed E-state index contributed by atoms with van der Waals surface area (Å²) in [5, 5.41) is 33.3. The van der Waals surface area contributed by atoms with Crippen molar-refractivity contribution in [1.82, 2.24) is 0 Å². The topological polar surface area (TPSA) is 142 Å². The van der Waals surface area contributed by atoms with Gasteiger partial charge in [-0.2, -0.15) is 10.2 Å². The highest BCUT2D eigenvalue weighted by Crippen LogP contribution is 2.32. The first-order valence-electron chi connectivity index (χ1n) is 7.89. The molecule has 0 heterocycles. The van der Waals surface area contributed by atoms with Crippen LogP contribution in [0.2, 0.25) is 0 Å². The molecule has 0 saturated heterocycles. The quantitative estimate of drug-likeness (QED) is 0.208. The van der Waals surface area contributed by atoms with E-state index < -0.39 is 11.1 Å². The number of nitrogens with zero attached hydrogens (tertiary/aromatic N) is 4. The standard InChI is InChI=1S/C18H22N6O2/c1-17(15(19)21-25,13-9-5-3-6-10-13)23-24-18(2,16(20)22-26)14-11-7-4-8-12-14/h3-12,25-26H,1-2H3,(H2,19,21)(H2,20,22). The van der Waals surface area contributed by atoms with Crippen LogP contribution in [0.5, 0.6) is 0 Å². The van der Waals surface area contributed by atoms with E-state index in [4.69, 9.17) is 11.5 Å². The summed E-state index contributed by atoms with van der Waals surface area (Å²) in [5.74, 6) is -0.273. The Hall–Kier alpha value is -3.42. The largest absolute Gasteiger partial charge is 0.409 e. The monoisotopic (exact) mass is 354 g/mol. The van der Waals surface area contributed by atoms with E-state index in [1.807, 2.05) is 36.4 Å². The van der Waals surface area contributed by atoms with Crippen LogP contribution in [-0.2, 0) is 11.1 Å². The average Bonchev–Trinajstić information content (AvgIpc) is 2.71. The molecule has 2 aromatic rings. The van der Waals surface area contributed by atoms with E-state index in [0.29, 0.717) is 11.1 Å². The summed E-state index contributed by atoms with van der Waals surface area (Å²) in [7, 11) is 0. The van der Waals surface area contributed by atoms with Crippen LogP contribution in [0.15, 0.2) is 81.2 Å². The Morgan fingerprint density at radius 1 is 0.692 bits per heavy atom. The molecular formula is C18H22N6O2. The maximum Gasteiger partial charge on any atom is 0.173 e. The van der Waals surface area contributed by atoms with E-state index in [1.165, 1.54) is 0 Å². The summed E-state index contributed by atoms with van der Waals surface area (Å²) in [6, 6.07) is 18.1. The van der Waals surface area contributed by atoms with E-state index in [9.17, 15) is 10.4 Å². The van der Waals surface area contributed by atoms with Crippen molar-refractivity contribution in [2.75, 3.05) is 0 Å². The molecule has 0 fully saturated rings. The lowest BCUT2D eigenvalue weighted by atomic mass is 9.90. The molecule has 2 aromatic carbocycles. The van der Waals surface area contributed by atoms with E-state index >= 15 is 0 Å². The fourth-order valence-corrected chi connectivity index (χ4v) is 2.43. The minimum atomic E-state index is -1.23. The zero-order valence-electron chi connectivity index (χ0n) is 14.6. The van der Waals surface area contributed by atoms with E-state index in [1.54, 1.807) is 38.1 Å². The highest BCUT2D eigenvalue weighted by molar-refractivity contribution is 5.91. The average molecular weight is 354 g/mol. The van der Waals surface area contributed by atoms with Gasteiger partial charge >= 0.3 is 0 Å². The zero-order valence-corrected chi connectivity index (χ0v) is 14.6. The molecule has 0 aromatic heterocycles. The fraction of sp³-hybridized carbons (Fsp3) is 0.222. The SMILES string of the molecule is CC(N=NC(C)(C(N)=NO)c1ccccc1)(C(N)=NO)c1ccccc1. The summed E-state index contributed by atoms with van der Waals surface area (Å²) >= 11 is 0. The van der Waals surface area contributed by atoms with Gasteiger partial charge in [0.25, 0.3) is 0 Å². The van der Waals surface area contributed by atoms with Crippen LogP contribution in [0, 0.1) is 0 Å². The number of hydrogen-bond donors (Lipinski definition) is 4. The molecule has 2 unspecified atom stereocenters. The minimum absolute atomic E-state index is 0.137. The van der Waals surface area contributed by atoms with E-state index in [0.717, 1.165) is 0 Å². The first-order chi connectivity index (χ1) is 12.4. The molecule has 0 aliphatic rings. The van der Waals surface area contributed by atoms with Crippen molar-refractivity contribution in [2.45, 2.75) is 24.9 Å². The van der Waals surface area contributed by atoms with Crippen LogP contribution in [0.3, 0.4) is 0 Å². The molecule has 0 radical (unpaired) electrons. The van der Waals surface area contributed by atoms with Crippen LogP contribution in [-0.4, -0.2) is 22.1 Å². The van der Waals surface area contributed by atoms with Gasteiger partial charge in [0.15, 0.2) is 22.7 Å². The first kappa shape index (κ1) is 18.9. The molecule has 8 heteroatoms. The van der Waals surface area contributed by atoms with Crippen LogP contribution in [0.25, 0.3) is 0 Å². The molecular weight excluding hydrogens is 332 g/mol. The van der Waals surface area contributed by atoms with Crippen LogP contribution in [0.4, 0.5) is 0 Å². The van der Waals surface area contributed by atoms with Crippen molar-refractivity contribution in [3.63, 3.8) is 0 Å². The summed E-state index contributed by atoms with van der Waals surface area (Å²) in [6.07, 6.45) is 0. The molecule has 136 valence electrons. The second-order valence-electron chi connectivity index (χ2n) is 6.05. The summed E-state index contributed by atoms with van der Waals surface area (Å²) in [5.41, 5.74) is 10.7. The summed E-state index contributed by atoms with van der Waals surface area (Å²) in [4.78, 5) is 0. The van der Waals surface area contributed by atoms with E-state index in [-0.39, 0.29) is 11.7 Å². The maximum absolute atomic E-state index is 9.21. The fourth-order valence-electron chi connectivity index (χ4n) is 2.43. The molecule has 0 spiro atoms. The normalized spacial score (nSPS) is 17.6. The second-order valence-corrected chi connectivity index (χ2v) is 6.05. The van der Waals surface area contributed by atoms with Gasteiger partial charge in [0.1, 0.15) is 0 Å². The van der Waals surface area contributed by atoms with E-state index in [2.05, 4.69) is 20.5 Å². The molecule has 2 atom stereocenters. The van der Waals surface area contributed by atoms with Crippen molar-refractivity contribution >= 4 is 11.7 Å². The Labute approximate surface area is 151 Å². The molecule has 0 aliphatic carbocycles. The lowest BCUT2D eigenvalue weighted by Gasteiger charge is -2.27. The van der Waals surface area contributed by atoms with Gasteiger partial charge in [0.05, 0.1) is 0 Å². The Morgan fingerprint density at radius 3 is 1.27 bits per heavy atom. The number of rotatable bonds is 6. The number of benzene rings is 2. The predicted molar refractivity (Wildman–Crippen MR) is 99.3 cm³/mol. The van der Waals surface area contributed by atoms with Gasteiger partial charge in [-0.25, -0.2) is 0 Å². The first-order valence-corrected chi connectivity index (χ1v) is 7.89. The summed E-state index contributed by atoms with van der Waals surface area (Å²) in [6.45, 7) is 3.33. The van der Waals surface area contributed by atoms with Crippen molar-refractivity contribution in [3.8, 4) is 0 Å². The number of nitrogens with two attached hydrogens (primary N) is 2. The van der Waals surface area contributed by atoms with Crippen LogP contribution >= 0.6 is 0 Å². The Kier molecular flexibility index (Phi) is 5.56. The van der Waals surface area contributed by atoms with Gasteiger partial charge < -0.3 is 21.9 Å². The molecule has 0 amide bonds. The van der Waals surface area contributed by atoms with Gasteiger partial charge in [0, 0.05) is 0 Å². The predicted octanol–water partition coefficient (Wildman–Crippen LogP) is 2.76. The maximum atomic E-state index is 9.21. The van der Waals surface area contributed by atoms with Gasteiger partial charge in [-0.1, -0.05) is 71.0 Å². The molecule has 0 aliphatic heterocycles. The lowest BCUT2D eigenvalue weighted by Crippen LogP contribution is -2.40. The van der Waals surface area contributed by atoms with Crippen molar-refractivity contribution in [3.05, 3.63) is 71.8 Å². The van der Waals surface area contributed by atoms with Gasteiger partial charge in [-0.3, -0.25) is 0 Å². The molecule has 2 rings (SSSR count). The second kappa shape index (κ2) is 7.64. The lowest BCUT2D eigenvalue weighted by molar-refractivity contribution is 0.309. The number of amidine groups is 2. The molecule has 8 nitrogen and oxygen atoms in total. The van der Waals surface area contributed by atoms with Gasteiger partial charge in [0.2, 0.25) is 0 Å². The van der Waals surface area contributed by atoms with Crippen molar-refractivity contribution in [2.24, 2.45) is 32.0 Å². The number of oxime groups is 2. The Bertz CT molecular complexity index is 753. The van der Waals surface area contributed by atoms with Crippen LogP contribution < -0.4 is 11.5 Å². The zero-order chi connectivity index (χ0) is 19.2. The molecule has 6 N–H and O–H groups in total. The van der Waals surface area contributed by atoms with Crippen molar-refractivity contribution in [1.29, 1.82) is 0 Å². The molecule has 0 bridgehead atoms. The number of azo groups is 1. The highest BCUT2D eigenvalue weighted by Gasteiger charge is 2.37. The third-order valence-electron chi connectivity index (χ3n) is 4.33. The smallest absolute Gasteiger partial charge is 0.173 e. The van der Waals surface area contributed by atoms with Gasteiger partial charge in [-0.05, 0) is 25.0 Å². The third kappa shape index (κ3) is 3.49. The Morgan fingerprint density at radius 2 is 1.00 bits per heavy atom. The molecule has 0 saturated carbocycles. The van der Waals surface area contributed by atoms with Crippen LogP contribution in [0.1, 0.15) is 25.0 Å². The molecule has 26 heavy (non-hydrogen) atoms. The summed E-state index contributed by atoms with van der Waals surface area (Å²) < 4.78 is 0. The van der Waals surface area contributed by atoms with Crippen molar-refractivity contribution < 1.29 is 10.4 Å². The number of hydrogen-bond acceptors (Lipinski definition) is 6. The third-order valence-corrected chi connectivity index (χ3v) is 4.33. The van der Waals surface area contributed by atoms with Gasteiger partial charge in [-0.15, -0.1) is 0 Å². The minimum Gasteiger partial charge on any atom is -0.409 e. The highest BCUT2D eigenvalue weighted by atomic mass is 16.4. The Balaban J connectivity index is 2.60.